The third-order valence-corrected chi connectivity index (χ3v) is 22.0. The zero-order valence-corrected chi connectivity index (χ0v) is 46.5. The Kier molecular flexibility index (Phi) is 18.7. The molecule has 2 aromatic heterocycles. The molecule has 0 spiro atoms. The molecule has 1 fully saturated rings. The number of nitrogens with zero attached hydrogens (tertiary/aromatic N) is 5. The molecule has 3 heterocycles. The fourth-order valence-electron chi connectivity index (χ4n) is 10.6. The fourth-order valence-corrected chi connectivity index (χ4v) is 17.9. The van der Waals surface area contributed by atoms with E-state index in [1.165, 1.54) is 6.33 Å². The van der Waals surface area contributed by atoms with Crippen molar-refractivity contribution >= 4 is 39.9 Å². The van der Waals surface area contributed by atoms with Crippen LogP contribution in [0.15, 0.2) is 120 Å². The fraction of sp³-hybridized carbons (Fsp3) is 0.446. The minimum Gasteiger partial charge on any atom is -0.497 e. The third kappa shape index (κ3) is 11.7. The van der Waals surface area contributed by atoms with Crippen molar-refractivity contribution in [2.45, 2.75) is 135 Å². The van der Waals surface area contributed by atoms with E-state index < -0.39 is 58.5 Å². The first-order valence-electron chi connectivity index (χ1n) is 25.4. The Labute approximate surface area is 437 Å². The van der Waals surface area contributed by atoms with Crippen LogP contribution in [0.5, 0.6) is 11.5 Å². The summed E-state index contributed by atoms with van der Waals surface area (Å²) in [6, 6.07) is 36.6. The van der Waals surface area contributed by atoms with E-state index in [1.807, 2.05) is 84.9 Å². The number of carbonyl (C=O) groups is 1. The molecule has 1 aliphatic rings. The Morgan fingerprint density at radius 3 is 1.86 bits per heavy atom. The highest BCUT2D eigenvalue weighted by molar-refractivity contribution is 7.44. The van der Waals surface area contributed by atoms with Crippen molar-refractivity contribution in [1.82, 2.24) is 24.2 Å². The number of imidazole rings is 1. The highest BCUT2D eigenvalue weighted by atomic mass is 31.2. The summed E-state index contributed by atoms with van der Waals surface area (Å²) in [4.78, 5) is 39.6. The van der Waals surface area contributed by atoms with Gasteiger partial charge in [0.05, 0.1) is 46.3 Å². The first-order valence-corrected chi connectivity index (χ1v) is 28.7. The molecule has 4 aromatic carbocycles. The molecule has 0 saturated carbocycles. The molecule has 0 bridgehead atoms. The second-order valence-corrected chi connectivity index (χ2v) is 26.8. The zero-order chi connectivity index (χ0) is 53.3. The van der Waals surface area contributed by atoms with Gasteiger partial charge in [0.1, 0.15) is 35.4 Å². The molecule has 5 atom stereocenters. The topological polar surface area (TPSA) is 184 Å². The van der Waals surface area contributed by atoms with E-state index in [2.05, 4.69) is 95.3 Å². The average molecular weight is 1050 g/mol. The van der Waals surface area contributed by atoms with Crippen LogP contribution in [-0.2, 0) is 28.5 Å². The molecule has 0 radical (unpaired) electrons. The number of H-pyrrole nitrogens is 1. The van der Waals surface area contributed by atoms with Crippen molar-refractivity contribution in [2.75, 3.05) is 32.8 Å². The number of amides is 1. The molecule has 7 rings (SSSR count). The lowest BCUT2D eigenvalue weighted by atomic mass is 9.80. The number of hydrogen-bond donors (Lipinski definition) is 2. The van der Waals surface area contributed by atoms with Crippen molar-refractivity contribution in [1.29, 1.82) is 5.26 Å². The van der Waals surface area contributed by atoms with E-state index in [0.717, 1.165) is 16.7 Å². The summed E-state index contributed by atoms with van der Waals surface area (Å²) >= 11 is 0. The minimum atomic E-state index is -2.85. The number of nitriles is 1. The first kappa shape index (κ1) is 55.9. The second kappa shape index (κ2) is 24.7. The number of anilines is 1. The Hall–Kier alpha value is -5.80. The molecule has 18 heteroatoms. The highest BCUT2D eigenvalue weighted by Gasteiger charge is 2.57. The van der Waals surface area contributed by atoms with Crippen LogP contribution in [0.25, 0.3) is 11.2 Å². The summed E-state index contributed by atoms with van der Waals surface area (Å²) in [5, 5.41) is 12.5. The lowest BCUT2D eigenvalue weighted by Crippen LogP contribution is -2.54. The third-order valence-electron chi connectivity index (χ3n) is 13.8. The predicted molar refractivity (Wildman–Crippen MR) is 291 cm³/mol. The summed E-state index contributed by atoms with van der Waals surface area (Å²) in [6.07, 6.45) is -1.98. The first-order chi connectivity index (χ1) is 35.5. The van der Waals surface area contributed by atoms with Crippen LogP contribution in [0.2, 0.25) is 16.6 Å². The monoisotopic (exact) mass is 1050 g/mol. The van der Waals surface area contributed by atoms with Gasteiger partial charge in [-0.25, -0.2) is 9.65 Å². The van der Waals surface area contributed by atoms with Crippen LogP contribution < -0.4 is 20.3 Å². The average Bonchev–Trinajstić information content (AvgIpc) is 3.96. The van der Waals surface area contributed by atoms with Gasteiger partial charge in [-0.2, -0.15) is 10.2 Å². The Bertz CT molecular complexity index is 2780. The van der Waals surface area contributed by atoms with Gasteiger partial charge in [0.25, 0.3) is 20.0 Å². The maximum atomic E-state index is 13.9. The molecule has 1 unspecified atom stereocenters. The van der Waals surface area contributed by atoms with E-state index >= 15 is 0 Å². The largest absolute Gasteiger partial charge is 0.497 e. The van der Waals surface area contributed by atoms with Crippen molar-refractivity contribution < 1.29 is 37.2 Å². The number of methoxy groups -OCH3 is 2. The number of fused-ring (bicyclic) bond motifs is 1. The van der Waals surface area contributed by atoms with Crippen molar-refractivity contribution in [3.8, 4) is 17.6 Å². The number of ether oxygens (including phenoxy) is 4. The molecule has 16 nitrogen and oxygen atoms in total. The summed E-state index contributed by atoms with van der Waals surface area (Å²) in [5.41, 5.74) is 1.68. The Morgan fingerprint density at radius 1 is 0.811 bits per heavy atom. The van der Waals surface area contributed by atoms with Crippen molar-refractivity contribution in [3.63, 3.8) is 0 Å². The lowest BCUT2D eigenvalue weighted by molar-refractivity contribution is -0.0926. The number of aromatic nitrogens is 4. The molecule has 1 saturated heterocycles. The number of nitrogens with one attached hydrogen (secondary N) is 2. The standard InChI is InChI=1S/C56H72N7O9PSi/c1-36(2)63(37(3)4)73(69-33-19-32-57)71-49-47(34-68-56(42-22-17-14-18-23-42,43-24-28-45(66-11)29-25-43)44-26-30-46(67-12)31-27-44)70-54(50(49)72-74(38(5)6,39(7)8)40(9)10)62-35-58-48-51(62)59-55(61-53(48)65)60-52(64)41-20-15-13-16-21-41/h13-18,20-31,35-40,47,49-50,54H,19,33-34H2,1-12H3,(H2,59,60,61,64,65)/t47-,49-,50-,54-,73?/m1/s1. The number of benzene rings is 4. The maximum absolute atomic E-state index is 13.9. The molecular weight excluding hydrogens is 974 g/mol. The molecule has 0 aliphatic carbocycles. The van der Waals surface area contributed by atoms with E-state index in [0.29, 0.717) is 17.1 Å². The van der Waals surface area contributed by atoms with Gasteiger partial charge in [-0.05, 0) is 97.4 Å². The van der Waals surface area contributed by atoms with Gasteiger partial charge in [0, 0.05) is 17.6 Å². The van der Waals surface area contributed by atoms with Crippen LogP contribution in [0.3, 0.4) is 0 Å². The quantitative estimate of drug-likeness (QED) is 0.0253. The Morgan fingerprint density at radius 2 is 1.35 bits per heavy atom. The van der Waals surface area contributed by atoms with E-state index in [9.17, 15) is 14.9 Å². The SMILES string of the molecule is COc1ccc(C(OC[C@H]2O[C@@H](n3cnc4c(=O)[nH]c(NC(=O)c5ccccc5)nc43)[C@H](O[Si](C(C)C)(C(C)C)C(C)C)[C@@H]2OP(OCCC#N)N(C(C)C)C(C)C)(c2ccccc2)c2ccc(OC)cc2)cc1. The molecule has 2 N–H and O–H groups in total. The van der Waals surface area contributed by atoms with Crippen LogP contribution in [0.1, 0.15) is 109 Å². The maximum Gasteiger partial charge on any atom is 0.280 e. The minimum absolute atomic E-state index is 0.0280. The zero-order valence-electron chi connectivity index (χ0n) is 44.6. The highest BCUT2D eigenvalue weighted by Crippen LogP contribution is 2.54. The van der Waals surface area contributed by atoms with Gasteiger partial charge in [-0.1, -0.05) is 114 Å². The number of hydrogen-bond acceptors (Lipinski definition) is 13. The van der Waals surface area contributed by atoms with Crippen LogP contribution in [0.4, 0.5) is 5.95 Å². The molecule has 74 heavy (non-hydrogen) atoms. The molecular formula is C56H72N7O9PSi. The van der Waals surface area contributed by atoms with Gasteiger partial charge in [0.15, 0.2) is 17.4 Å². The van der Waals surface area contributed by atoms with Gasteiger partial charge >= 0.3 is 0 Å². The number of aromatic amines is 1. The smallest absolute Gasteiger partial charge is 0.280 e. The number of rotatable bonds is 24. The van der Waals surface area contributed by atoms with Crippen LogP contribution in [-0.4, -0.2) is 96.2 Å². The molecule has 1 amide bonds. The normalized spacial score (nSPS) is 17.7. The van der Waals surface area contributed by atoms with E-state index in [4.69, 9.17) is 37.4 Å². The summed E-state index contributed by atoms with van der Waals surface area (Å²) < 4.78 is 52.3. The van der Waals surface area contributed by atoms with Crippen LogP contribution >= 0.6 is 8.53 Å². The molecule has 1 aliphatic heterocycles. The van der Waals surface area contributed by atoms with Gasteiger partial charge in [0.2, 0.25) is 14.3 Å². The summed E-state index contributed by atoms with van der Waals surface area (Å²) in [7, 11) is -1.47. The van der Waals surface area contributed by atoms with Gasteiger partial charge in [-0.15, -0.1) is 0 Å². The summed E-state index contributed by atoms with van der Waals surface area (Å²) in [6.45, 7) is 21.8. The van der Waals surface area contributed by atoms with Gasteiger partial charge in [-0.3, -0.25) is 24.5 Å². The van der Waals surface area contributed by atoms with Gasteiger partial charge < -0.3 is 32.4 Å². The van der Waals surface area contributed by atoms with Crippen molar-refractivity contribution in [2.24, 2.45) is 0 Å². The molecule has 6 aromatic rings. The summed E-state index contributed by atoms with van der Waals surface area (Å²) in [5.74, 6) is 0.842. The second-order valence-electron chi connectivity index (χ2n) is 20.0. The van der Waals surface area contributed by atoms with Crippen molar-refractivity contribution in [3.05, 3.63) is 148 Å². The Balaban J connectivity index is 1.46. The van der Waals surface area contributed by atoms with Crippen LogP contribution in [0, 0.1) is 11.3 Å². The number of carbonyl (C=O) groups excluding carboxylic acids is 1. The predicted octanol–water partition coefficient (Wildman–Crippen LogP) is 11.5. The molecule has 394 valence electrons. The van der Waals surface area contributed by atoms with E-state index in [-0.39, 0.29) is 65.5 Å². The van der Waals surface area contributed by atoms with E-state index in [1.54, 1.807) is 43.1 Å². The lowest BCUT2D eigenvalue weighted by Gasteiger charge is -2.46.